The standard InChI is InChI=1S/C13H14Br2N2S/c1-8-2-4-9(5-3-8)6-11(17-16)12-7-10(14)13(15)18-12/h2-5,7,11,17H,6,16H2,1H3. The van der Waals surface area contributed by atoms with E-state index in [9.17, 15) is 0 Å². The van der Waals surface area contributed by atoms with E-state index in [1.807, 2.05) is 0 Å². The van der Waals surface area contributed by atoms with Crippen molar-refractivity contribution >= 4 is 43.2 Å². The van der Waals surface area contributed by atoms with E-state index in [0.717, 1.165) is 14.7 Å². The van der Waals surface area contributed by atoms with Crippen LogP contribution in [0.5, 0.6) is 0 Å². The van der Waals surface area contributed by atoms with Gasteiger partial charge >= 0.3 is 0 Å². The number of thiophene rings is 1. The van der Waals surface area contributed by atoms with Crippen molar-refractivity contribution in [3.63, 3.8) is 0 Å². The molecular formula is C13H14Br2N2S. The minimum Gasteiger partial charge on any atom is -0.271 e. The number of hydrazine groups is 1. The lowest BCUT2D eigenvalue weighted by atomic mass is 10.0. The van der Waals surface area contributed by atoms with Crippen LogP contribution in [0.2, 0.25) is 0 Å². The van der Waals surface area contributed by atoms with Crippen LogP contribution in [0.3, 0.4) is 0 Å². The quantitative estimate of drug-likeness (QED) is 0.603. The summed E-state index contributed by atoms with van der Waals surface area (Å²) < 4.78 is 2.17. The van der Waals surface area contributed by atoms with Gasteiger partial charge in [0.25, 0.3) is 0 Å². The molecule has 0 radical (unpaired) electrons. The van der Waals surface area contributed by atoms with Crippen molar-refractivity contribution in [1.29, 1.82) is 0 Å². The molecule has 3 N–H and O–H groups in total. The molecule has 0 fully saturated rings. The van der Waals surface area contributed by atoms with E-state index in [4.69, 9.17) is 5.84 Å². The maximum atomic E-state index is 5.67. The van der Waals surface area contributed by atoms with Crippen LogP contribution in [-0.2, 0) is 6.42 Å². The summed E-state index contributed by atoms with van der Waals surface area (Å²) in [5.41, 5.74) is 5.45. The fourth-order valence-corrected chi connectivity index (χ4v) is 3.89. The topological polar surface area (TPSA) is 38.0 Å². The Morgan fingerprint density at radius 3 is 2.44 bits per heavy atom. The Hall–Kier alpha value is -0.200. The van der Waals surface area contributed by atoms with E-state index in [-0.39, 0.29) is 6.04 Å². The van der Waals surface area contributed by atoms with Crippen LogP contribution in [0, 0.1) is 6.92 Å². The average molecular weight is 390 g/mol. The van der Waals surface area contributed by atoms with Crippen molar-refractivity contribution in [2.24, 2.45) is 5.84 Å². The Labute approximate surface area is 128 Å². The lowest BCUT2D eigenvalue weighted by molar-refractivity contribution is 0.560. The molecule has 0 bridgehead atoms. The summed E-state index contributed by atoms with van der Waals surface area (Å²) in [6, 6.07) is 10.8. The van der Waals surface area contributed by atoms with Gasteiger partial charge in [0.05, 0.1) is 9.83 Å². The number of hydrogen-bond donors (Lipinski definition) is 2. The van der Waals surface area contributed by atoms with Gasteiger partial charge in [-0.1, -0.05) is 29.8 Å². The van der Waals surface area contributed by atoms with Crippen molar-refractivity contribution in [1.82, 2.24) is 5.43 Å². The second kappa shape index (κ2) is 6.30. The van der Waals surface area contributed by atoms with Crippen LogP contribution >= 0.6 is 43.2 Å². The summed E-state index contributed by atoms with van der Waals surface area (Å²) in [5.74, 6) is 5.67. The molecule has 2 rings (SSSR count). The van der Waals surface area contributed by atoms with Gasteiger partial charge in [-0.05, 0) is 56.8 Å². The fourth-order valence-electron chi connectivity index (χ4n) is 1.74. The van der Waals surface area contributed by atoms with E-state index in [0.29, 0.717) is 0 Å². The van der Waals surface area contributed by atoms with E-state index in [1.54, 1.807) is 11.3 Å². The predicted molar refractivity (Wildman–Crippen MR) is 84.7 cm³/mol. The highest BCUT2D eigenvalue weighted by molar-refractivity contribution is 9.13. The molecule has 0 spiro atoms. The third-order valence-electron chi connectivity index (χ3n) is 2.77. The molecule has 1 unspecified atom stereocenters. The van der Waals surface area contributed by atoms with Crippen LogP contribution in [0.4, 0.5) is 0 Å². The molecule has 1 heterocycles. The highest BCUT2D eigenvalue weighted by Gasteiger charge is 2.15. The van der Waals surface area contributed by atoms with Crippen molar-refractivity contribution in [2.75, 3.05) is 0 Å². The van der Waals surface area contributed by atoms with Crippen molar-refractivity contribution in [3.8, 4) is 0 Å². The zero-order valence-electron chi connectivity index (χ0n) is 9.91. The molecule has 1 aromatic heterocycles. The van der Waals surface area contributed by atoms with E-state index >= 15 is 0 Å². The normalized spacial score (nSPS) is 12.7. The summed E-state index contributed by atoms with van der Waals surface area (Å²) in [7, 11) is 0. The first kappa shape index (κ1) is 14.2. The Bertz CT molecular complexity index is 503. The molecule has 0 aliphatic heterocycles. The first-order chi connectivity index (χ1) is 8.60. The number of rotatable bonds is 4. The summed E-state index contributed by atoms with van der Waals surface area (Å²) in [6.45, 7) is 2.09. The maximum absolute atomic E-state index is 5.67. The van der Waals surface area contributed by atoms with Gasteiger partial charge in [0.1, 0.15) is 0 Å². The largest absolute Gasteiger partial charge is 0.271 e. The molecule has 5 heteroatoms. The van der Waals surface area contributed by atoms with Crippen LogP contribution in [0.15, 0.2) is 38.6 Å². The molecule has 1 atom stereocenters. The van der Waals surface area contributed by atoms with Gasteiger partial charge in [-0.25, -0.2) is 0 Å². The summed E-state index contributed by atoms with van der Waals surface area (Å²) in [5, 5.41) is 0. The lowest BCUT2D eigenvalue weighted by Crippen LogP contribution is -2.28. The van der Waals surface area contributed by atoms with Gasteiger partial charge in [0.15, 0.2) is 0 Å². The van der Waals surface area contributed by atoms with Crippen LogP contribution < -0.4 is 11.3 Å². The molecule has 2 nitrogen and oxygen atoms in total. The highest BCUT2D eigenvalue weighted by Crippen LogP contribution is 2.36. The minimum atomic E-state index is 0.139. The zero-order chi connectivity index (χ0) is 13.1. The van der Waals surface area contributed by atoms with Gasteiger partial charge in [-0.2, -0.15) is 0 Å². The van der Waals surface area contributed by atoms with Crippen molar-refractivity contribution < 1.29 is 0 Å². The fraction of sp³-hybridized carbons (Fsp3) is 0.231. The Kier molecular flexibility index (Phi) is 4.98. The molecular weight excluding hydrogens is 376 g/mol. The third kappa shape index (κ3) is 3.42. The van der Waals surface area contributed by atoms with Crippen LogP contribution in [0.25, 0.3) is 0 Å². The minimum absolute atomic E-state index is 0.139. The van der Waals surface area contributed by atoms with Gasteiger partial charge in [-0.15, -0.1) is 11.3 Å². The second-order valence-corrected chi connectivity index (χ2v) is 7.44. The molecule has 1 aromatic carbocycles. The smallest absolute Gasteiger partial charge is 0.0843 e. The van der Waals surface area contributed by atoms with Gasteiger partial charge in [0.2, 0.25) is 0 Å². The van der Waals surface area contributed by atoms with E-state index in [1.165, 1.54) is 16.0 Å². The molecule has 18 heavy (non-hydrogen) atoms. The average Bonchev–Trinajstić information content (AvgIpc) is 2.69. The number of hydrogen-bond acceptors (Lipinski definition) is 3. The lowest BCUT2D eigenvalue weighted by Gasteiger charge is -2.14. The Morgan fingerprint density at radius 2 is 1.94 bits per heavy atom. The predicted octanol–water partition coefficient (Wildman–Crippen LogP) is 4.33. The van der Waals surface area contributed by atoms with Gasteiger partial charge < -0.3 is 0 Å². The van der Waals surface area contributed by atoms with E-state index < -0.39 is 0 Å². The number of aryl methyl sites for hydroxylation is 1. The molecule has 0 saturated heterocycles. The molecule has 0 aliphatic rings. The van der Waals surface area contributed by atoms with E-state index in [2.05, 4.69) is 74.5 Å². The highest BCUT2D eigenvalue weighted by atomic mass is 79.9. The number of halogens is 2. The van der Waals surface area contributed by atoms with Crippen molar-refractivity contribution in [3.05, 3.63) is 54.6 Å². The van der Waals surface area contributed by atoms with Gasteiger partial charge in [0, 0.05) is 9.35 Å². The van der Waals surface area contributed by atoms with Gasteiger partial charge in [-0.3, -0.25) is 11.3 Å². The summed E-state index contributed by atoms with van der Waals surface area (Å²) in [4.78, 5) is 1.22. The first-order valence-electron chi connectivity index (χ1n) is 5.56. The summed E-state index contributed by atoms with van der Waals surface area (Å²) in [6.07, 6.45) is 0.885. The van der Waals surface area contributed by atoms with Crippen LogP contribution in [0.1, 0.15) is 22.0 Å². The monoisotopic (exact) mass is 388 g/mol. The second-order valence-electron chi connectivity index (χ2n) is 4.18. The molecule has 0 saturated carbocycles. The summed E-state index contributed by atoms with van der Waals surface area (Å²) >= 11 is 8.71. The van der Waals surface area contributed by atoms with Crippen molar-refractivity contribution in [2.45, 2.75) is 19.4 Å². The zero-order valence-corrected chi connectivity index (χ0v) is 13.9. The molecule has 96 valence electrons. The molecule has 0 aliphatic carbocycles. The number of benzene rings is 1. The molecule has 0 amide bonds. The number of nitrogens with two attached hydrogens (primary N) is 1. The Morgan fingerprint density at radius 1 is 1.28 bits per heavy atom. The SMILES string of the molecule is Cc1ccc(CC(NN)c2cc(Br)c(Br)s2)cc1. The molecule has 2 aromatic rings. The third-order valence-corrected chi connectivity index (χ3v) is 6.14. The Balaban J connectivity index is 2.16. The number of nitrogens with one attached hydrogen (secondary N) is 1. The first-order valence-corrected chi connectivity index (χ1v) is 7.97. The maximum Gasteiger partial charge on any atom is 0.0843 e. The van der Waals surface area contributed by atoms with Crippen LogP contribution in [-0.4, -0.2) is 0 Å².